The predicted octanol–water partition coefficient (Wildman–Crippen LogP) is 3.36. The van der Waals surface area contributed by atoms with Crippen molar-refractivity contribution < 1.29 is 14.6 Å². The number of anilines is 2. The second kappa shape index (κ2) is 9.28. The van der Waals surface area contributed by atoms with E-state index in [0.717, 1.165) is 19.4 Å². The molecule has 32 heavy (non-hydrogen) atoms. The molecular formula is C23H26ClN5O3. The second-order valence-electron chi connectivity index (χ2n) is 8.23. The first kappa shape index (κ1) is 22.3. The maximum Gasteiger partial charge on any atom is 0.170 e. The van der Waals surface area contributed by atoms with Crippen LogP contribution in [0.1, 0.15) is 12.8 Å². The summed E-state index contributed by atoms with van der Waals surface area (Å²) in [5, 5.41) is 17.2. The molecule has 0 spiro atoms. The van der Waals surface area contributed by atoms with Crippen molar-refractivity contribution >= 4 is 39.8 Å². The molecule has 0 unspecified atom stereocenters. The van der Waals surface area contributed by atoms with Crippen LogP contribution in [0.3, 0.4) is 0 Å². The number of nitrogens with one attached hydrogen (secondary N) is 2. The van der Waals surface area contributed by atoms with Crippen LogP contribution >= 0.6 is 11.6 Å². The van der Waals surface area contributed by atoms with Gasteiger partial charge in [-0.2, -0.15) is 0 Å². The van der Waals surface area contributed by atoms with Gasteiger partial charge in [-0.15, -0.1) is 0 Å². The minimum absolute atomic E-state index is 0.00513. The number of halogens is 1. The number of Topliss-reactive ketones (excluding diaryl/α,β-unsaturated/α-hetero) is 1. The molecule has 1 fully saturated rings. The molecule has 168 valence electrons. The van der Waals surface area contributed by atoms with Gasteiger partial charge in [-0.25, -0.2) is 9.97 Å². The molecule has 0 bridgehead atoms. The number of benzene rings is 2. The third-order valence-electron chi connectivity index (χ3n) is 5.55. The van der Waals surface area contributed by atoms with E-state index in [1.165, 1.54) is 12.4 Å². The van der Waals surface area contributed by atoms with Gasteiger partial charge in [0.2, 0.25) is 0 Å². The average molecular weight is 456 g/mol. The Hall–Kier alpha value is -2.94. The normalized spacial score (nSPS) is 18.2. The summed E-state index contributed by atoms with van der Waals surface area (Å²) in [4.78, 5) is 23.6. The Morgan fingerprint density at radius 3 is 2.88 bits per heavy atom. The maximum atomic E-state index is 13.0. The lowest BCUT2D eigenvalue weighted by Crippen LogP contribution is -2.55. The van der Waals surface area contributed by atoms with Crippen LogP contribution in [0.25, 0.3) is 10.9 Å². The van der Waals surface area contributed by atoms with E-state index in [4.69, 9.17) is 16.3 Å². The molecule has 0 amide bonds. The number of hydrogen-bond acceptors (Lipinski definition) is 8. The van der Waals surface area contributed by atoms with E-state index >= 15 is 0 Å². The van der Waals surface area contributed by atoms with Gasteiger partial charge < -0.3 is 25.4 Å². The van der Waals surface area contributed by atoms with Crippen molar-refractivity contribution in [2.24, 2.45) is 0 Å². The number of hydrogen-bond donors (Lipinski definition) is 3. The molecule has 0 saturated carbocycles. The molecule has 0 aliphatic carbocycles. The van der Waals surface area contributed by atoms with E-state index in [0.29, 0.717) is 34.7 Å². The quantitative estimate of drug-likeness (QED) is 0.444. The molecule has 1 aromatic heterocycles. The summed E-state index contributed by atoms with van der Waals surface area (Å²) in [6, 6.07) is 10.4. The van der Waals surface area contributed by atoms with Gasteiger partial charge >= 0.3 is 0 Å². The molecule has 0 radical (unpaired) electrons. The zero-order valence-electron chi connectivity index (χ0n) is 18.1. The zero-order chi connectivity index (χ0) is 22.7. The van der Waals surface area contributed by atoms with Crippen LogP contribution in [0.5, 0.6) is 11.5 Å². The first-order valence-corrected chi connectivity index (χ1v) is 10.8. The highest BCUT2D eigenvalue weighted by molar-refractivity contribution is 6.32. The number of aromatic hydroxyl groups is 1. The number of likely N-dealkylation sites (N-methyl/N-ethyl adjacent to an activating group) is 1. The highest BCUT2D eigenvalue weighted by Gasteiger charge is 2.41. The van der Waals surface area contributed by atoms with E-state index in [1.807, 2.05) is 37.2 Å². The van der Waals surface area contributed by atoms with Crippen molar-refractivity contribution in [1.29, 1.82) is 0 Å². The van der Waals surface area contributed by atoms with Gasteiger partial charge in [-0.05, 0) is 63.8 Å². The van der Waals surface area contributed by atoms with E-state index in [2.05, 4.69) is 20.6 Å². The van der Waals surface area contributed by atoms with E-state index in [-0.39, 0.29) is 23.2 Å². The van der Waals surface area contributed by atoms with Gasteiger partial charge in [-0.3, -0.25) is 4.79 Å². The van der Waals surface area contributed by atoms with Crippen molar-refractivity contribution in [2.75, 3.05) is 39.1 Å². The highest BCUT2D eigenvalue weighted by Crippen LogP contribution is 2.34. The Morgan fingerprint density at radius 1 is 1.31 bits per heavy atom. The lowest BCUT2D eigenvalue weighted by molar-refractivity contribution is -0.126. The number of ketones is 1. The van der Waals surface area contributed by atoms with Crippen LogP contribution in [0, 0.1) is 0 Å². The Balaban J connectivity index is 1.64. The first-order valence-electron chi connectivity index (χ1n) is 10.4. The smallest absolute Gasteiger partial charge is 0.170 e. The lowest BCUT2D eigenvalue weighted by atomic mass is 9.92. The molecule has 1 atom stereocenters. The molecule has 2 aromatic carbocycles. The van der Waals surface area contributed by atoms with Gasteiger partial charge in [-0.1, -0.05) is 17.7 Å². The molecule has 8 nitrogen and oxygen atoms in total. The predicted molar refractivity (Wildman–Crippen MR) is 125 cm³/mol. The number of phenolic OH excluding ortho intramolecular Hbond substituents is 1. The number of aromatic nitrogens is 2. The first-order chi connectivity index (χ1) is 15.4. The van der Waals surface area contributed by atoms with Crippen LogP contribution < -0.4 is 15.4 Å². The monoisotopic (exact) mass is 455 g/mol. The number of carbonyl (C=O) groups is 1. The molecule has 1 saturated heterocycles. The largest absolute Gasteiger partial charge is 0.506 e. The van der Waals surface area contributed by atoms with Crippen LogP contribution in [-0.4, -0.2) is 65.1 Å². The fraction of sp³-hybridized carbons (Fsp3) is 0.348. The fourth-order valence-corrected chi connectivity index (χ4v) is 4.08. The number of fused-ring (bicyclic) bond motifs is 1. The van der Waals surface area contributed by atoms with Crippen LogP contribution in [0.4, 0.5) is 11.5 Å². The molecule has 9 heteroatoms. The van der Waals surface area contributed by atoms with Crippen LogP contribution in [-0.2, 0) is 4.79 Å². The van der Waals surface area contributed by atoms with Gasteiger partial charge in [0.05, 0.1) is 22.5 Å². The minimum Gasteiger partial charge on any atom is -0.506 e. The van der Waals surface area contributed by atoms with Gasteiger partial charge in [0, 0.05) is 5.69 Å². The summed E-state index contributed by atoms with van der Waals surface area (Å²) >= 11 is 6.04. The zero-order valence-corrected chi connectivity index (χ0v) is 18.8. The summed E-state index contributed by atoms with van der Waals surface area (Å²) in [7, 11) is 3.77. The fourth-order valence-electron chi connectivity index (χ4n) is 3.90. The van der Waals surface area contributed by atoms with Crippen molar-refractivity contribution in [2.45, 2.75) is 18.4 Å². The summed E-state index contributed by atoms with van der Waals surface area (Å²) in [6.07, 6.45) is 3.13. The topological polar surface area (TPSA) is 99.6 Å². The Labute approximate surface area is 191 Å². The third kappa shape index (κ3) is 4.62. The van der Waals surface area contributed by atoms with Crippen molar-refractivity contribution in [3.8, 4) is 11.5 Å². The number of carbonyl (C=O) groups excluding carboxylic acids is 1. The number of rotatable bonds is 8. The molecule has 1 aliphatic heterocycles. The molecule has 3 aromatic rings. The molecule has 4 rings (SSSR count). The Bertz CT molecular complexity index is 1130. The molecule has 1 aliphatic rings. The number of phenols is 1. The lowest BCUT2D eigenvalue weighted by Gasteiger charge is -2.29. The number of ether oxygens (including phenoxy) is 1. The summed E-state index contributed by atoms with van der Waals surface area (Å²) < 4.78 is 6.24. The minimum atomic E-state index is -0.708. The molecule has 2 heterocycles. The van der Waals surface area contributed by atoms with E-state index in [1.54, 1.807) is 12.1 Å². The van der Waals surface area contributed by atoms with Gasteiger partial charge in [0.25, 0.3) is 0 Å². The van der Waals surface area contributed by atoms with Crippen molar-refractivity contribution in [3.63, 3.8) is 0 Å². The van der Waals surface area contributed by atoms with Crippen LogP contribution in [0.2, 0.25) is 5.02 Å². The van der Waals surface area contributed by atoms with Gasteiger partial charge in [0.15, 0.2) is 5.78 Å². The summed E-state index contributed by atoms with van der Waals surface area (Å²) in [5.74, 6) is 1.25. The van der Waals surface area contributed by atoms with E-state index < -0.39 is 5.54 Å². The summed E-state index contributed by atoms with van der Waals surface area (Å²) in [6.45, 7) is 1.36. The SMILES string of the molecule is CN(C)CC(=O)[C@@]1(COc2cccc3ncnc(Nc4ccc(O)c(Cl)c4)c23)CCCN1. The number of nitrogens with zero attached hydrogens (tertiary/aromatic N) is 3. The van der Waals surface area contributed by atoms with Crippen LogP contribution in [0.15, 0.2) is 42.7 Å². The summed E-state index contributed by atoms with van der Waals surface area (Å²) in [5.41, 5.74) is 0.663. The highest BCUT2D eigenvalue weighted by atomic mass is 35.5. The average Bonchev–Trinajstić information content (AvgIpc) is 3.25. The van der Waals surface area contributed by atoms with E-state index in [9.17, 15) is 9.90 Å². The Morgan fingerprint density at radius 2 is 2.16 bits per heavy atom. The van der Waals surface area contributed by atoms with Crippen molar-refractivity contribution in [3.05, 3.63) is 47.7 Å². The van der Waals surface area contributed by atoms with Gasteiger partial charge in [0.1, 0.15) is 35.8 Å². The van der Waals surface area contributed by atoms with Crippen molar-refractivity contribution in [1.82, 2.24) is 20.2 Å². The second-order valence-corrected chi connectivity index (χ2v) is 8.63. The standard InChI is InChI=1S/C23H26ClN5O3/c1-29(2)12-20(31)23(9-4-10-27-23)13-32-19-6-3-5-17-21(19)22(26-14-25-17)28-15-7-8-18(30)16(24)11-15/h3,5-8,11,14,27,30H,4,9-10,12-13H2,1-2H3,(H,25,26,28)/t23-/m0/s1. The molecule has 3 N–H and O–H groups in total. The Kier molecular flexibility index (Phi) is 6.45. The maximum absolute atomic E-state index is 13.0. The third-order valence-corrected chi connectivity index (χ3v) is 5.85. The molecular weight excluding hydrogens is 430 g/mol.